The van der Waals surface area contributed by atoms with E-state index < -0.39 is 0 Å². The van der Waals surface area contributed by atoms with E-state index in [1.165, 1.54) is 0 Å². The molecule has 7 heteroatoms. The number of hydrogen-bond donors (Lipinski definition) is 3. The third-order valence-electron chi connectivity index (χ3n) is 4.89. The van der Waals surface area contributed by atoms with Crippen LogP contribution in [0.15, 0.2) is 0 Å². The van der Waals surface area contributed by atoms with Gasteiger partial charge in [0.2, 0.25) is 0 Å². The molecule has 0 aliphatic carbocycles. The molecule has 0 rings (SSSR count). The molecule has 0 aliphatic heterocycles. The summed E-state index contributed by atoms with van der Waals surface area (Å²) < 4.78 is 23.6. The van der Waals surface area contributed by atoms with Crippen LogP contribution in [-0.4, -0.2) is 70.5 Å². The van der Waals surface area contributed by atoms with Crippen LogP contribution in [0, 0.1) is 5.41 Å². The molecular formula is C21H47N3O4. The van der Waals surface area contributed by atoms with Gasteiger partial charge in [-0.2, -0.15) is 0 Å². The number of nitrogens with two attached hydrogens (primary N) is 3. The molecule has 0 aromatic carbocycles. The summed E-state index contributed by atoms with van der Waals surface area (Å²) in [6.07, 6.45) is 3.63. The molecule has 0 spiro atoms. The topological polar surface area (TPSA) is 115 Å². The minimum absolute atomic E-state index is 0.0470. The van der Waals surface area contributed by atoms with Crippen LogP contribution < -0.4 is 17.2 Å². The van der Waals surface area contributed by atoms with E-state index >= 15 is 0 Å². The van der Waals surface area contributed by atoms with Crippen molar-refractivity contribution in [2.45, 2.75) is 84.5 Å². The van der Waals surface area contributed by atoms with E-state index in [-0.39, 0.29) is 29.6 Å². The maximum absolute atomic E-state index is 6.00. The van der Waals surface area contributed by atoms with E-state index in [9.17, 15) is 0 Å². The van der Waals surface area contributed by atoms with Crippen LogP contribution in [-0.2, 0) is 18.9 Å². The van der Waals surface area contributed by atoms with Gasteiger partial charge in [-0.15, -0.1) is 0 Å². The first-order chi connectivity index (χ1) is 13.3. The van der Waals surface area contributed by atoms with E-state index in [4.69, 9.17) is 36.1 Å². The van der Waals surface area contributed by atoms with Crippen molar-refractivity contribution in [2.24, 2.45) is 22.6 Å². The standard InChI is InChI=1S/C21H47N3O4/c1-6-17(22)10-25-14-21(5,15-26-11-18(23)7-2)16-27-13-20(9-4)28-12-19(24)8-3/h17-20H,6-16,22-24H2,1-5H3. The number of ether oxygens (including phenoxy) is 4. The van der Waals surface area contributed by atoms with Gasteiger partial charge in [0, 0.05) is 23.5 Å². The lowest BCUT2D eigenvalue weighted by molar-refractivity contribution is -0.0860. The van der Waals surface area contributed by atoms with Crippen molar-refractivity contribution < 1.29 is 18.9 Å². The second-order valence-electron chi connectivity index (χ2n) is 8.22. The normalized spacial score (nSPS) is 18.4. The van der Waals surface area contributed by atoms with Crippen LogP contribution >= 0.6 is 0 Å². The highest BCUT2D eigenvalue weighted by Gasteiger charge is 2.27. The number of rotatable bonds is 19. The second-order valence-corrected chi connectivity index (χ2v) is 8.22. The summed E-state index contributed by atoms with van der Waals surface area (Å²) in [5.41, 5.74) is 17.6. The van der Waals surface area contributed by atoms with Gasteiger partial charge in [0.1, 0.15) is 0 Å². The molecule has 0 radical (unpaired) electrons. The molecule has 4 atom stereocenters. The molecule has 0 aromatic rings. The first-order valence-corrected chi connectivity index (χ1v) is 10.9. The minimum atomic E-state index is -0.265. The molecular weight excluding hydrogens is 358 g/mol. The lowest BCUT2D eigenvalue weighted by atomic mass is 9.94. The zero-order chi connectivity index (χ0) is 21.4. The van der Waals surface area contributed by atoms with Gasteiger partial charge < -0.3 is 36.1 Å². The van der Waals surface area contributed by atoms with Crippen LogP contribution in [0.25, 0.3) is 0 Å². The molecule has 0 aliphatic rings. The molecule has 7 nitrogen and oxygen atoms in total. The molecule has 0 fully saturated rings. The SMILES string of the molecule is CCC(N)COCC(C)(COCC(N)CC)COCC(CC)OCC(N)CC. The quantitative estimate of drug-likeness (QED) is 0.301. The predicted molar refractivity (Wildman–Crippen MR) is 115 cm³/mol. The summed E-state index contributed by atoms with van der Waals surface area (Å²) in [5, 5.41) is 0. The van der Waals surface area contributed by atoms with Gasteiger partial charge in [-0.05, 0) is 25.7 Å². The van der Waals surface area contributed by atoms with Crippen LogP contribution in [0.4, 0.5) is 0 Å². The Morgan fingerprint density at radius 3 is 1.39 bits per heavy atom. The largest absolute Gasteiger partial charge is 0.379 e. The Hall–Kier alpha value is -0.280. The van der Waals surface area contributed by atoms with Crippen LogP contribution in [0.3, 0.4) is 0 Å². The van der Waals surface area contributed by atoms with Gasteiger partial charge in [0.25, 0.3) is 0 Å². The van der Waals surface area contributed by atoms with Crippen molar-refractivity contribution in [1.29, 1.82) is 0 Å². The fourth-order valence-corrected chi connectivity index (χ4v) is 2.37. The van der Waals surface area contributed by atoms with Gasteiger partial charge >= 0.3 is 0 Å². The highest BCUT2D eigenvalue weighted by Crippen LogP contribution is 2.19. The molecule has 0 aromatic heterocycles. The maximum atomic E-state index is 6.00. The van der Waals surface area contributed by atoms with Crippen LogP contribution in [0.5, 0.6) is 0 Å². The average Bonchev–Trinajstić information content (AvgIpc) is 2.69. The lowest BCUT2D eigenvalue weighted by Gasteiger charge is -2.30. The molecule has 6 N–H and O–H groups in total. The summed E-state index contributed by atoms with van der Waals surface area (Å²) in [4.78, 5) is 0. The van der Waals surface area contributed by atoms with E-state index in [0.29, 0.717) is 46.2 Å². The number of hydrogen-bond acceptors (Lipinski definition) is 7. The Bertz CT molecular complexity index is 345. The van der Waals surface area contributed by atoms with Gasteiger partial charge in [-0.3, -0.25) is 0 Å². The Labute approximate surface area is 173 Å². The van der Waals surface area contributed by atoms with Crippen LogP contribution in [0.1, 0.15) is 60.3 Å². The molecule has 4 unspecified atom stereocenters. The first-order valence-electron chi connectivity index (χ1n) is 10.9. The Balaban J connectivity index is 4.50. The molecule has 0 saturated heterocycles. The van der Waals surface area contributed by atoms with Crippen molar-refractivity contribution in [3.63, 3.8) is 0 Å². The molecule has 170 valence electrons. The highest BCUT2D eigenvalue weighted by atomic mass is 16.5. The maximum Gasteiger partial charge on any atom is 0.0806 e. The third kappa shape index (κ3) is 13.8. The lowest BCUT2D eigenvalue weighted by Crippen LogP contribution is -2.39. The summed E-state index contributed by atoms with van der Waals surface area (Å²) in [6.45, 7) is 14.1. The van der Waals surface area contributed by atoms with Crippen molar-refractivity contribution in [3.05, 3.63) is 0 Å². The smallest absolute Gasteiger partial charge is 0.0806 e. The van der Waals surface area contributed by atoms with E-state index in [1.54, 1.807) is 0 Å². The van der Waals surface area contributed by atoms with Crippen molar-refractivity contribution >= 4 is 0 Å². The van der Waals surface area contributed by atoms with Crippen LogP contribution in [0.2, 0.25) is 0 Å². The predicted octanol–water partition coefficient (Wildman–Crippen LogP) is 2.05. The first kappa shape index (κ1) is 27.7. The molecule has 0 heterocycles. The van der Waals surface area contributed by atoms with Gasteiger partial charge in [0.05, 0.1) is 52.4 Å². The van der Waals surface area contributed by atoms with Gasteiger partial charge in [-0.1, -0.05) is 34.6 Å². The van der Waals surface area contributed by atoms with E-state index in [1.807, 2.05) is 0 Å². The summed E-state index contributed by atoms with van der Waals surface area (Å²) in [6, 6.07) is 0.187. The molecule has 0 bridgehead atoms. The zero-order valence-corrected chi connectivity index (χ0v) is 19.0. The minimum Gasteiger partial charge on any atom is -0.379 e. The molecule has 0 amide bonds. The van der Waals surface area contributed by atoms with Crippen molar-refractivity contribution in [1.82, 2.24) is 0 Å². The van der Waals surface area contributed by atoms with Gasteiger partial charge in [-0.25, -0.2) is 0 Å². The van der Waals surface area contributed by atoms with Gasteiger partial charge in [0.15, 0.2) is 0 Å². The fraction of sp³-hybridized carbons (Fsp3) is 1.00. The molecule has 0 saturated carbocycles. The third-order valence-corrected chi connectivity index (χ3v) is 4.89. The fourth-order valence-electron chi connectivity index (χ4n) is 2.37. The Kier molecular flexibility index (Phi) is 16.3. The summed E-state index contributed by atoms with van der Waals surface area (Å²) in [5.74, 6) is 0. The zero-order valence-electron chi connectivity index (χ0n) is 19.0. The van der Waals surface area contributed by atoms with E-state index in [0.717, 1.165) is 25.7 Å². The summed E-state index contributed by atoms with van der Waals surface area (Å²) in [7, 11) is 0. The highest BCUT2D eigenvalue weighted by molar-refractivity contribution is 4.75. The van der Waals surface area contributed by atoms with E-state index in [2.05, 4.69) is 34.6 Å². The Morgan fingerprint density at radius 2 is 1.00 bits per heavy atom. The Morgan fingerprint density at radius 1 is 0.607 bits per heavy atom. The van der Waals surface area contributed by atoms with Crippen molar-refractivity contribution in [2.75, 3.05) is 46.2 Å². The second kappa shape index (κ2) is 16.5. The summed E-state index contributed by atoms with van der Waals surface area (Å²) >= 11 is 0. The monoisotopic (exact) mass is 405 g/mol. The average molecular weight is 406 g/mol. The van der Waals surface area contributed by atoms with Crippen molar-refractivity contribution in [3.8, 4) is 0 Å². The molecule has 28 heavy (non-hydrogen) atoms.